The molecule has 1 aromatic carbocycles. The molecule has 5 heteroatoms. The molecule has 4 nitrogen and oxygen atoms in total. The van der Waals surface area contributed by atoms with Crippen molar-refractivity contribution in [3.8, 4) is 17.1 Å². The lowest BCUT2D eigenvalue weighted by molar-refractivity contribution is 0.476. The Morgan fingerprint density at radius 3 is 2.62 bits per heavy atom. The Hall–Kier alpha value is -1.62. The average Bonchev–Trinajstić information content (AvgIpc) is 2.65. The van der Waals surface area contributed by atoms with E-state index in [1.54, 1.807) is 6.07 Å². The number of aromatic nitrogens is 3. The maximum Gasteiger partial charge on any atom is 0.213 e. The molecule has 1 aromatic heterocycles. The van der Waals surface area contributed by atoms with Gasteiger partial charge < -0.3 is 5.11 Å². The summed E-state index contributed by atoms with van der Waals surface area (Å²) in [6.07, 6.45) is 0. The zero-order valence-electron chi connectivity index (χ0n) is 9.11. The smallest absolute Gasteiger partial charge is 0.213 e. The number of phenolic OH excluding ortho intramolecular Hbond substituents is 1. The number of hydrogen-bond donors (Lipinski definition) is 3. The van der Waals surface area contributed by atoms with E-state index < -0.39 is 0 Å². The highest BCUT2D eigenvalue weighted by molar-refractivity contribution is 7.71. The molecule has 0 aliphatic carbocycles. The van der Waals surface area contributed by atoms with Crippen molar-refractivity contribution >= 4 is 12.2 Å². The third-order valence-corrected chi connectivity index (χ3v) is 2.64. The fourth-order valence-electron chi connectivity index (χ4n) is 1.50. The van der Waals surface area contributed by atoms with Crippen molar-refractivity contribution in [1.29, 1.82) is 0 Å². The summed E-state index contributed by atoms with van der Waals surface area (Å²) in [5.74, 6) is 1.16. The first-order chi connectivity index (χ1) is 7.58. The van der Waals surface area contributed by atoms with Crippen molar-refractivity contribution < 1.29 is 5.11 Å². The minimum Gasteiger partial charge on any atom is -0.507 e. The third kappa shape index (κ3) is 1.99. The molecule has 3 N–H and O–H groups in total. The maximum absolute atomic E-state index is 9.77. The Morgan fingerprint density at radius 1 is 1.31 bits per heavy atom. The molecule has 0 atom stereocenters. The molecule has 0 fully saturated rings. The zero-order valence-corrected chi connectivity index (χ0v) is 9.93. The summed E-state index contributed by atoms with van der Waals surface area (Å²) in [5.41, 5.74) is 1.81. The molecule has 84 valence electrons. The van der Waals surface area contributed by atoms with Gasteiger partial charge >= 0.3 is 0 Å². The Balaban J connectivity index is 2.55. The average molecular weight is 235 g/mol. The molecule has 0 unspecified atom stereocenters. The van der Waals surface area contributed by atoms with Crippen molar-refractivity contribution in [1.82, 2.24) is 15.2 Å². The first-order valence-electron chi connectivity index (χ1n) is 5.06. The summed E-state index contributed by atoms with van der Waals surface area (Å²) in [4.78, 5) is 4.09. The van der Waals surface area contributed by atoms with Crippen LogP contribution in [0.4, 0.5) is 0 Å². The zero-order chi connectivity index (χ0) is 11.7. The second-order valence-corrected chi connectivity index (χ2v) is 4.33. The summed E-state index contributed by atoms with van der Waals surface area (Å²) in [6, 6.07) is 5.50. The van der Waals surface area contributed by atoms with Gasteiger partial charge in [-0.05, 0) is 35.8 Å². The Bertz CT molecular complexity index is 556. The van der Waals surface area contributed by atoms with Crippen molar-refractivity contribution in [2.24, 2.45) is 0 Å². The van der Waals surface area contributed by atoms with Crippen LogP contribution in [-0.2, 0) is 0 Å². The predicted molar refractivity (Wildman–Crippen MR) is 65.0 cm³/mol. The van der Waals surface area contributed by atoms with E-state index in [0.29, 0.717) is 22.1 Å². The Morgan fingerprint density at radius 2 is 2.06 bits per heavy atom. The highest BCUT2D eigenvalue weighted by Gasteiger charge is 2.09. The van der Waals surface area contributed by atoms with Crippen LogP contribution in [0.2, 0.25) is 0 Å². The van der Waals surface area contributed by atoms with Crippen LogP contribution in [0, 0.1) is 4.77 Å². The first-order valence-corrected chi connectivity index (χ1v) is 5.46. The largest absolute Gasteiger partial charge is 0.507 e. The van der Waals surface area contributed by atoms with Gasteiger partial charge in [0.25, 0.3) is 0 Å². The maximum atomic E-state index is 9.77. The summed E-state index contributed by atoms with van der Waals surface area (Å²) in [5, 5.41) is 15.3. The monoisotopic (exact) mass is 235 g/mol. The van der Waals surface area contributed by atoms with E-state index in [2.05, 4.69) is 29.0 Å². The lowest BCUT2D eigenvalue weighted by Crippen LogP contribution is -1.89. The lowest BCUT2D eigenvalue weighted by atomic mass is 10.00. The van der Waals surface area contributed by atoms with Crippen molar-refractivity contribution in [2.75, 3.05) is 0 Å². The summed E-state index contributed by atoms with van der Waals surface area (Å²) >= 11 is 4.88. The molecule has 16 heavy (non-hydrogen) atoms. The van der Waals surface area contributed by atoms with Gasteiger partial charge in [0.05, 0.1) is 5.56 Å². The predicted octanol–water partition coefficient (Wildman–Crippen LogP) is 2.96. The van der Waals surface area contributed by atoms with Crippen LogP contribution in [0.25, 0.3) is 11.4 Å². The molecule has 0 aliphatic rings. The van der Waals surface area contributed by atoms with Gasteiger partial charge in [-0.3, -0.25) is 10.2 Å². The van der Waals surface area contributed by atoms with Crippen LogP contribution in [0.5, 0.6) is 5.75 Å². The second kappa shape index (κ2) is 4.09. The van der Waals surface area contributed by atoms with Gasteiger partial charge in [0, 0.05) is 0 Å². The van der Waals surface area contributed by atoms with E-state index in [9.17, 15) is 5.11 Å². The van der Waals surface area contributed by atoms with Gasteiger partial charge in [-0.1, -0.05) is 19.9 Å². The number of phenols is 1. The molecule has 0 radical (unpaired) electrons. The van der Waals surface area contributed by atoms with Gasteiger partial charge in [-0.2, -0.15) is 4.98 Å². The van der Waals surface area contributed by atoms with E-state index in [1.807, 2.05) is 12.1 Å². The first kappa shape index (κ1) is 10.9. The molecule has 0 bridgehead atoms. The van der Waals surface area contributed by atoms with E-state index in [0.717, 1.165) is 5.56 Å². The van der Waals surface area contributed by atoms with E-state index in [4.69, 9.17) is 12.2 Å². The number of H-pyrrole nitrogens is 2. The second-order valence-electron chi connectivity index (χ2n) is 3.95. The molecule has 0 aliphatic heterocycles. The Labute approximate surface area is 98.4 Å². The van der Waals surface area contributed by atoms with Crippen LogP contribution >= 0.6 is 12.2 Å². The Kier molecular flexibility index (Phi) is 2.78. The lowest BCUT2D eigenvalue weighted by Gasteiger charge is -2.08. The minimum absolute atomic E-state index is 0.196. The fourth-order valence-corrected chi connectivity index (χ4v) is 1.64. The summed E-state index contributed by atoms with van der Waals surface area (Å²) in [7, 11) is 0. The van der Waals surface area contributed by atoms with Crippen LogP contribution in [0.1, 0.15) is 25.3 Å². The van der Waals surface area contributed by atoms with Crippen molar-refractivity contribution in [2.45, 2.75) is 19.8 Å². The molecule has 0 saturated carbocycles. The van der Waals surface area contributed by atoms with Gasteiger partial charge in [-0.25, -0.2) is 0 Å². The minimum atomic E-state index is 0.196. The van der Waals surface area contributed by atoms with Gasteiger partial charge in [0.2, 0.25) is 4.77 Å². The molecule has 1 heterocycles. The van der Waals surface area contributed by atoms with Crippen molar-refractivity contribution in [3.05, 3.63) is 28.5 Å². The fraction of sp³-hybridized carbons (Fsp3) is 0.273. The number of aromatic hydroxyl groups is 1. The molecule has 2 rings (SSSR count). The molecule has 0 spiro atoms. The summed E-state index contributed by atoms with van der Waals surface area (Å²) in [6.45, 7) is 4.20. The number of aromatic amines is 2. The SMILES string of the molecule is CC(C)c1ccc(O)c(-c2nc(=S)[nH][nH]2)c1. The number of hydrogen-bond acceptors (Lipinski definition) is 3. The molecule has 0 saturated heterocycles. The third-order valence-electron chi connectivity index (χ3n) is 2.44. The van der Waals surface area contributed by atoms with Crippen molar-refractivity contribution in [3.63, 3.8) is 0 Å². The van der Waals surface area contributed by atoms with E-state index in [1.165, 1.54) is 0 Å². The van der Waals surface area contributed by atoms with Gasteiger partial charge in [0.1, 0.15) is 5.75 Å². The number of nitrogens with zero attached hydrogens (tertiary/aromatic N) is 1. The van der Waals surface area contributed by atoms with Crippen LogP contribution < -0.4 is 0 Å². The highest BCUT2D eigenvalue weighted by atomic mass is 32.1. The molecular weight excluding hydrogens is 222 g/mol. The van der Waals surface area contributed by atoms with Crippen LogP contribution in [0.15, 0.2) is 18.2 Å². The number of benzene rings is 1. The van der Waals surface area contributed by atoms with E-state index >= 15 is 0 Å². The standard InChI is InChI=1S/C11H13N3OS/c1-6(2)7-3-4-9(15)8(5-7)10-12-11(16)14-13-10/h3-6,15H,1-2H3,(H2,12,13,14,16). The highest BCUT2D eigenvalue weighted by Crippen LogP contribution is 2.29. The topological polar surface area (TPSA) is 64.7 Å². The quantitative estimate of drug-likeness (QED) is 0.701. The van der Waals surface area contributed by atoms with Gasteiger partial charge in [0.15, 0.2) is 5.82 Å². The molecular formula is C11H13N3OS. The summed E-state index contributed by atoms with van der Waals surface area (Å²) < 4.78 is 0.379. The molecule has 0 amide bonds. The number of nitrogens with one attached hydrogen (secondary N) is 2. The van der Waals surface area contributed by atoms with Crippen LogP contribution in [-0.4, -0.2) is 20.3 Å². The molecule has 2 aromatic rings. The normalized spacial score (nSPS) is 10.9. The van der Waals surface area contributed by atoms with Gasteiger partial charge in [-0.15, -0.1) is 0 Å². The van der Waals surface area contributed by atoms with E-state index in [-0.39, 0.29) is 5.75 Å². The van der Waals surface area contributed by atoms with Crippen LogP contribution in [0.3, 0.4) is 0 Å². The number of rotatable bonds is 2.